The minimum Gasteiger partial charge on any atom is -0.361 e. The van der Waals surface area contributed by atoms with Crippen molar-refractivity contribution < 1.29 is 0 Å². The molecule has 1 N–H and O–H groups in total. The van der Waals surface area contributed by atoms with Gasteiger partial charge in [0.1, 0.15) is 0 Å². The second-order valence-corrected chi connectivity index (χ2v) is 5.19. The highest BCUT2D eigenvalue weighted by molar-refractivity contribution is 8.14. The maximum atomic E-state index is 4.62. The van der Waals surface area contributed by atoms with Crippen LogP contribution in [0.5, 0.6) is 0 Å². The van der Waals surface area contributed by atoms with E-state index in [1.54, 1.807) is 0 Å². The molecule has 1 atom stereocenters. The van der Waals surface area contributed by atoms with E-state index in [4.69, 9.17) is 0 Å². The van der Waals surface area contributed by atoms with Gasteiger partial charge in [-0.05, 0) is 25.9 Å². The molecule has 1 saturated heterocycles. The highest BCUT2D eigenvalue weighted by Crippen LogP contribution is 2.15. The van der Waals surface area contributed by atoms with Crippen LogP contribution < -0.4 is 5.32 Å². The van der Waals surface area contributed by atoms with Crippen molar-refractivity contribution in [3.8, 4) is 0 Å². The number of hydrogen-bond acceptors (Lipinski definition) is 3. The van der Waals surface area contributed by atoms with Gasteiger partial charge in [-0.25, -0.2) is 0 Å². The highest BCUT2D eigenvalue weighted by atomic mass is 32.2. The average Bonchev–Trinajstić information content (AvgIpc) is 2.76. The fraction of sp³-hybridized carbons (Fsp3) is 0.917. The predicted octanol–water partition coefficient (Wildman–Crippen LogP) is 2.19. The van der Waals surface area contributed by atoms with Gasteiger partial charge in [-0.3, -0.25) is 4.99 Å². The predicted molar refractivity (Wildman–Crippen MR) is 74.4 cm³/mol. The third kappa shape index (κ3) is 4.74. The third-order valence-electron chi connectivity index (χ3n) is 2.90. The molecule has 1 unspecified atom stereocenters. The molecule has 0 amide bonds. The molecule has 0 spiro atoms. The van der Waals surface area contributed by atoms with Gasteiger partial charge < -0.3 is 10.2 Å². The van der Waals surface area contributed by atoms with E-state index in [9.17, 15) is 0 Å². The normalized spacial score (nSPS) is 23.0. The van der Waals surface area contributed by atoms with Crippen LogP contribution in [0.15, 0.2) is 4.99 Å². The molecule has 1 fully saturated rings. The Bertz CT molecular complexity index is 218. The Morgan fingerprint density at radius 3 is 2.75 bits per heavy atom. The number of nitrogens with zero attached hydrogens (tertiary/aromatic N) is 2. The van der Waals surface area contributed by atoms with Crippen LogP contribution in [0.3, 0.4) is 0 Å². The summed E-state index contributed by atoms with van der Waals surface area (Å²) in [5.74, 6) is 1.18. The summed E-state index contributed by atoms with van der Waals surface area (Å²) in [7, 11) is 0. The fourth-order valence-electron chi connectivity index (χ4n) is 1.79. The van der Waals surface area contributed by atoms with Gasteiger partial charge in [-0.1, -0.05) is 32.5 Å². The first-order valence-electron chi connectivity index (χ1n) is 6.46. The molecule has 1 aliphatic heterocycles. The Hall–Kier alpha value is -0.220. The molecule has 94 valence electrons. The van der Waals surface area contributed by atoms with E-state index in [0.29, 0.717) is 6.04 Å². The van der Waals surface area contributed by atoms with E-state index >= 15 is 0 Å². The van der Waals surface area contributed by atoms with Crippen molar-refractivity contribution in [2.45, 2.75) is 39.7 Å². The minimum absolute atomic E-state index is 0.640. The number of hydrogen-bond donors (Lipinski definition) is 1. The van der Waals surface area contributed by atoms with Gasteiger partial charge in [-0.2, -0.15) is 0 Å². The summed E-state index contributed by atoms with van der Waals surface area (Å²) in [4.78, 5) is 7.08. The third-order valence-corrected chi connectivity index (χ3v) is 3.99. The lowest BCUT2D eigenvalue weighted by Crippen LogP contribution is -2.29. The molecular weight excluding hydrogens is 218 g/mol. The molecule has 0 aliphatic carbocycles. The molecule has 0 aromatic carbocycles. The van der Waals surface area contributed by atoms with E-state index in [1.165, 1.54) is 25.1 Å². The Morgan fingerprint density at radius 2 is 2.19 bits per heavy atom. The summed E-state index contributed by atoms with van der Waals surface area (Å²) < 4.78 is 0. The topological polar surface area (TPSA) is 27.6 Å². The molecule has 1 aliphatic rings. The van der Waals surface area contributed by atoms with Crippen molar-refractivity contribution in [1.29, 1.82) is 0 Å². The lowest BCUT2D eigenvalue weighted by Gasteiger charge is -2.17. The second-order valence-electron chi connectivity index (χ2n) is 4.18. The molecule has 0 aromatic rings. The first kappa shape index (κ1) is 13.8. The van der Waals surface area contributed by atoms with Crippen LogP contribution in [0.25, 0.3) is 0 Å². The number of likely N-dealkylation sites (N-methyl/N-ethyl adjacent to an activating group) is 1. The fourth-order valence-corrected chi connectivity index (χ4v) is 2.90. The summed E-state index contributed by atoms with van der Waals surface area (Å²) in [6, 6.07) is 0.640. The quantitative estimate of drug-likeness (QED) is 0.743. The zero-order valence-corrected chi connectivity index (χ0v) is 11.6. The van der Waals surface area contributed by atoms with E-state index in [1.807, 2.05) is 11.8 Å². The molecule has 4 heteroatoms. The summed E-state index contributed by atoms with van der Waals surface area (Å²) >= 11 is 1.87. The Kier molecular flexibility index (Phi) is 6.88. The second kappa shape index (κ2) is 7.96. The lowest BCUT2D eigenvalue weighted by molar-refractivity contribution is 0.297. The van der Waals surface area contributed by atoms with E-state index in [-0.39, 0.29) is 0 Å². The number of nitrogens with one attached hydrogen (secondary N) is 1. The van der Waals surface area contributed by atoms with E-state index < -0.39 is 0 Å². The van der Waals surface area contributed by atoms with Crippen molar-refractivity contribution >= 4 is 16.9 Å². The SMILES string of the molecule is CCCN(CC)CCN=C1NC(CC)CS1. The van der Waals surface area contributed by atoms with Crippen LogP contribution in [-0.4, -0.2) is 48.0 Å². The van der Waals surface area contributed by atoms with E-state index in [0.717, 1.165) is 24.8 Å². The van der Waals surface area contributed by atoms with Gasteiger partial charge in [-0.15, -0.1) is 0 Å². The number of amidine groups is 1. The zero-order chi connectivity index (χ0) is 11.8. The molecular formula is C12H25N3S. The van der Waals surface area contributed by atoms with Crippen LogP contribution in [0.2, 0.25) is 0 Å². The molecule has 0 saturated carbocycles. The largest absolute Gasteiger partial charge is 0.361 e. The van der Waals surface area contributed by atoms with Crippen molar-refractivity contribution in [3.63, 3.8) is 0 Å². The Balaban J connectivity index is 2.20. The molecule has 1 rings (SSSR count). The lowest BCUT2D eigenvalue weighted by atomic mass is 10.3. The smallest absolute Gasteiger partial charge is 0.156 e. The van der Waals surface area contributed by atoms with Crippen molar-refractivity contribution in [2.75, 3.05) is 31.9 Å². The molecule has 1 heterocycles. The van der Waals surface area contributed by atoms with Gasteiger partial charge in [0.05, 0.1) is 6.54 Å². The molecule has 0 radical (unpaired) electrons. The summed E-state index contributed by atoms with van der Waals surface area (Å²) in [5.41, 5.74) is 0. The summed E-state index contributed by atoms with van der Waals surface area (Å²) in [6.07, 6.45) is 2.43. The van der Waals surface area contributed by atoms with Crippen LogP contribution in [0, 0.1) is 0 Å². The maximum Gasteiger partial charge on any atom is 0.156 e. The zero-order valence-electron chi connectivity index (χ0n) is 10.8. The first-order valence-corrected chi connectivity index (χ1v) is 7.44. The van der Waals surface area contributed by atoms with Gasteiger partial charge in [0.15, 0.2) is 5.17 Å². The van der Waals surface area contributed by atoms with Gasteiger partial charge in [0.25, 0.3) is 0 Å². The van der Waals surface area contributed by atoms with E-state index in [2.05, 4.69) is 36.0 Å². The van der Waals surface area contributed by atoms with Crippen LogP contribution in [0.4, 0.5) is 0 Å². The molecule has 0 aromatic heterocycles. The standard InChI is InChI=1S/C12H25N3S/c1-4-8-15(6-3)9-7-13-12-14-11(5-2)10-16-12/h11H,4-10H2,1-3H3,(H,13,14). The first-order chi connectivity index (χ1) is 7.80. The number of rotatable bonds is 7. The van der Waals surface area contributed by atoms with Gasteiger partial charge >= 0.3 is 0 Å². The Labute approximate surface area is 104 Å². The number of aliphatic imine (C=N–C) groups is 1. The van der Waals surface area contributed by atoms with Gasteiger partial charge in [0.2, 0.25) is 0 Å². The highest BCUT2D eigenvalue weighted by Gasteiger charge is 2.17. The molecule has 3 nitrogen and oxygen atoms in total. The summed E-state index contributed by atoms with van der Waals surface area (Å²) in [6.45, 7) is 11.0. The maximum absolute atomic E-state index is 4.62. The van der Waals surface area contributed by atoms with Crippen LogP contribution in [0.1, 0.15) is 33.6 Å². The molecule has 0 bridgehead atoms. The summed E-state index contributed by atoms with van der Waals surface area (Å²) in [5, 5.41) is 4.61. The average molecular weight is 243 g/mol. The molecule has 16 heavy (non-hydrogen) atoms. The van der Waals surface area contributed by atoms with Crippen LogP contribution in [-0.2, 0) is 0 Å². The van der Waals surface area contributed by atoms with Crippen LogP contribution >= 0.6 is 11.8 Å². The van der Waals surface area contributed by atoms with Gasteiger partial charge in [0, 0.05) is 18.3 Å². The monoisotopic (exact) mass is 243 g/mol. The minimum atomic E-state index is 0.640. The van der Waals surface area contributed by atoms with Crippen molar-refractivity contribution in [2.24, 2.45) is 4.99 Å². The van der Waals surface area contributed by atoms with Crippen molar-refractivity contribution in [1.82, 2.24) is 10.2 Å². The number of thioether (sulfide) groups is 1. The van der Waals surface area contributed by atoms with Crippen molar-refractivity contribution in [3.05, 3.63) is 0 Å². The Morgan fingerprint density at radius 1 is 1.38 bits per heavy atom.